The average Bonchev–Trinajstić information content (AvgIpc) is 3.49. The number of Topliss-reactive ketones (excluding diaryl/α,β-unsaturated/α-hetero) is 1. The van der Waals surface area contributed by atoms with Gasteiger partial charge in [-0.05, 0) is 54.9 Å². The number of nitriles is 1. The Morgan fingerprint density at radius 3 is 2.84 bits per heavy atom. The van der Waals surface area contributed by atoms with Gasteiger partial charge in [0.15, 0.2) is 5.78 Å². The molecule has 3 aliphatic rings. The van der Waals surface area contributed by atoms with Crippen LogP contribution in [0.3, 0.4) is 0 Å². The number of aromatic nitrogens is 1. The Kier molecular flexibility index (Phi) is 6.90. The number of piperidine rings is 1. The standard InChI is InChI=1S/C24H27ClN4O3/c25-22-11-17-9-18(10-19(17)13-28-22)24(32)29-20(7-14-3-4-14)21(30)8-15(12-26)6-16-2-1-5-27-23(16)31/h9,11,13-16,20H,1-8,10H2,(H,27,31)(H,29,32)/t15-,16+,20+/m1/s1. The second kappa shape index (κ2) is 9.83. The van der Waals surface area contributed by atoms with E-state index in [1.165, 1.54) is 0 Å². The van der Waals surface area contributed by atoms with Crippen molar-refractivity contribution in [3.8, 4) is 6.07 Å². The zero-order valence-corrected chi connectivity index (χ0v) is 18.7. The van der Waals surface area contributed by atoms with Gasteiger partial charge in [0, 0.05) is 37.1 Å². The van der Waals surface area contributed by atoms with E-state index in [-0.39, 0.29) is 29.9 Å². The Bertz CT molecular complexity index is 995. The van der Waals surface area contributed by atoms with Crippen molar-refractivity contribution in [2.24, 2.45) is 17.8 Å². The Morgan fingerprint density at radius 2 is 2.12 bits per heavy atom. The van der Waals surface area contributed by atoms with E-state index in [4.69, 9.17) is 11.6 Å². The summed E-state index contributed by atoms with van der Waals surface area (Å²) in [6, 6.07) is 3.32. The van der Waals surface area contributed by atoms with Gasteiger partial charge < -0.3 is 10.6 Å². The molecular formula is C24H27ClN4O3. The molecule has 1 saturated carbocycles. The first-order chi connectivity index (χ1) is 15.4. The fraction of sp³-hybridized carbons (Fsp3) is 0.542. The van der Waals surface area contributed by atoms with Gasteiger partial charge in [0.1, 0.15) is 5.15 Å². The Balaban J connectivity index is 1.38. The molecule has 2 aliphatic carbocycles. The van der Waals surface area contributed by atoms with Crippen LogP contribution in [0.1, 0.15) is 56.1 Å². The highest BCUT2D eigenvalue weighted by molar-refractivity contribution is 6.29. The minimum absolute atomic E-state index is 0.0332. The van der Waals surface area contributed by atoms with E-state index >= 15 is 0 Å². The maximum absolute atomic E-state index is 13.1. The van der Waals surface area contributed by atoms with E-state index in [1.807, 2.05) is 0 Å². The third kappa shape index (κ3) is 5.55. The van der Waals surface area contributed by atoms with Crippen molar-refractivity contribution >= 4 is 35.3 Å². The van der Waals surface area contributed by atoms with E-state index in [2.05, 4.69) is 21.7 Å². The molecule has 2 heterocycles. The van der Waals surface area contributed by atoms with Crippen molar-refractivity contribution in [3.63, 3.8) is 0 Å². The van der Waals surface area contributed by atoms with E-state index in [0.717, 1.165) is 36.8 Å². The molecule has 168 valence electrons. The van der Waals surface area contributed by atoms with Crippen molar-refractivity contribution in [1.29, 1.82) is 5.26 Å². The summed E-state index contributed by atoms with van der Waals surface area (Å²) in [6.07, 6.45) is 8.69. The molecule has 8 heteroatoms. The van der Waals surface area contributed by atoms with Crippen LogP contribution in [0.5, 0.6) is 0 Å². The summed E-state index contributed by atoms with van der Waals surface area (Å²) in [5.41, 5.74) is 2.38. The minimum Gasteiger partial charge on any atom is -0.356 e. The van der Waals surface area contributed by atoms with Gasteiger partial charge in [0.25, 0.3) is 0 Å². The Labute approximate surface area is 192 Å². The number of halogens is 1. The van der Waals surface area contributed by atoms with E-state index in [0.29, 0.717) is 42.5 Å². The molecule has 1 aromatic rings. The second-order valence-corrected chi connectivity index (χ2v) is 9.51. The van der Waals surface area contributed by atoms with Crippen LogP contribution in [0.2, 0.25) is 5.15 Å². The molecule has 32 heavy (non-hydrogen) atoms. The summed E-state index contributed by atoms with van der Waals surface area (Å²) in [5.74, 6) is -0.746. The maximum Gasteiger partial charge on any atom is 0.248 e. The van der Waals surface area contributed by atoms with Crippen molar-refractivity contribution in [2.75, 3.05) is 6.54 Å². The lowest BCUT2D eigenvalue weighted by atomic mass is 9.85. The number of carbonyl (C=O) groups excluding carboxylic acids is 3. The van der Waals surface area contributed by atoms with Crippen molar-refractivity contribution < 1.29 is 14.4 Å². The fourth-order valence-corrected chi connectivity index (χ4v) is 4.69. The van der Waals surface area contributed by atoms with Gasteiger partial charge in [-0.1, -0.05) is 24.4 Å². The topological polar surface area (TPSA) is 112 Å². The van der Waals surface area contributed by atoms with Gasteiger partial charge in [-0.2, -0.15) is 5.26 Å². The van der Waals surface area contributed by atoms with Gasteiger partial charge in [-0.15, -0.1) is 0 Å². The SMILES string of the molecule is N#C[C@@H](CC(=O)[C@H](CC1CC1)NC(=O)C1=Cc2cc(Cl)ncc2C1)C[C@@H]1CCCNC1=O. The second-order valence-electron chi connectivity index (χ2n) is 9.12. The number of hydrogen-bond acceptors (Lipinski definition) is 5. The summed E-state index contributed by atoms with van der Waals surface area (Å²) in [7, 11) is 0. The monoisotopic (exact) mass is 454 g/mol. The molecule has 0 unspecified atom stereocenters. The quantitative estimate of drug-likeness (QED) is 0.557. The van der Waals surface area contributed by atoms with E-state index < -0.39 is 12.0 Å². The number of fused-ring (bicyclic) bond motifs is 1. The number of carbonyl (C=O) groups is 3. The van der Waals surface area contributed by atoms with Crippen LogP contribution in [-0.4, -0.2) is 35.2 Å². The highest BCUT2D eigenvalue weighted by atomic mass is 35.5. The normalized spacial score (nSPS) is 21.6. The smallest absolute Gasteiger partial charge is 0.248 e. The van der Waals surface area contributed by atoms with Crippen molar-refractivity contribution in [2.45, 2.75) is 57.4 Å². The third-order valence-corrected chi connectivity index (χ3v) is 6.76. The van der Waals surface area contributed by atoms with Crippen LogP contribution in [0.4, 0.5) is 0 Å². The first-order valence-corrected chi connectivity index (χ1v) is 11.7. The van der Waals surface area contributed by atoms with Crippen LogP contribution < -0.4 is 10.6 Å². The molecule has 0 spiro atoms. The van der Waals surface area contributed by atoms with Crippen molar-refractivity contribution in [3.05, 3.63) is 34.1 Å². The molecule has 0 bridgehead atoms. The highest BCUT2D eigenvalue weighted by Crippen LogP contribution is 2.35. The number of amides is 2. The number of nitrogens with one attached hydrogen (secondary N) is 2. The van der Waals surface area contributed by atoms with Crippen LogP contribution in [-0.2, 0) is 20.8 Å². The van der Waals surface area contributed by atoms with Gasteiger partial charge in [0.2, 0.25) is 11.8 Å². The van der Waals surface area contributed by atoms with Crippen LogP contribution in [0, 0.1) is 29.1 Å². The van der Waals surface area contributed by atoms with Crippen molar-refractivity contribution in [1.82, 2.24) is 15.6 Å². The third-order valence-electron chi connectivity index (χ3n) is 6.55. The van der Waals surface area contributed by atoms with Gasteiger partial charge >= 0.3 is 0 Å². The number of pyridine rings is 1. The Morgan fingerprint density at radius 1 is 1.31 bits per heavy atom. The Hall–Kier alpha value is -2.72. The predicted molar refractivity (Wildman–Crippen MR) is 119 cm³/mol. The number of rotatable bonds is 9. The fourth-order valence-electron chi connectivity index (χ4n) is 4.52. The molecule has 0 radical (unpaired) electrons. The molecule has 1 aromatic heterocycles. The lowest BCUT2D eigenvalue weighted by Gasteiger charge is -2.24. The lowest BCUT2D eigenvalue weighted by Crippen LogP contribution is -2.43. The zero-order valence-electron chi connectivity index (χ0n) is 17.9. The average molecular weight is 455 g/mol. The molecule has 3 atom stereocenters. The molecule has 1 aliphatic heterocycles. The van der Waals surface area contributed by atoms with Gasteiger partial charge in [-0.25, -0.2) is 4.98 Å². The summed E-state index contributed by atoms with van der Waals surface area (Å²) in [6.45, 7) is 0.670. The molecule has 4 rings (SSSR count). The summed E-state index contributed by atoms with van der Waals surface area (Å²) >= 11 is 5.94. The summed E-state index contributed by atoms with van der Waals surface area (Å²) in [4.78, 5) is 42.1. The number of nitrogens with zero attached hydrogens (tertiary/aromatic N) is 2. The first kappa shape index (κ1) is 22.5. The molecular weight excluding hydrogens is 428 g/mol. The maximum atomic E-state index is 13.1. The zero-order chi connectivity index (χ0) is 22.7. The molecule has 1 saturated heterocycles. The summed E-state index contributed by atoms with van der Waals surface area (Å²) in [5, 5.41) is 15.7. The highest BCUT2D eigenvalue weighted by Gasteiger charge is 2.33. The van der Waals surface area contributed by atoms with Crippen LogP contribution in [0.25, 0.3) is 6.08 Å². The van der Waals surface area contributed by atoms with Crippen LogP contribution in [0.15, 0.2) is 17.8 Å². The van der Waals surface area contributed by atoms with E-state index in [9.17, 15) is 19.6 Å². The molecule has 2 amide bonds. The molecule has 2 N–H and O–H groups in total. The number of ketones is 1. The van der Waals surface area contributed by atoms with Gasteiger partial charge in [-0.3, -0.25) is 14.4 Å². The molecule has 0 aromatic carbocycles. The van der Waals surface area contributed by atoms with E-state index in [1.54, 1.807) is 18.3 Å². The summed E-state index contributed by atoms with van der Waals surface area (Å²) < 4.78 is 0. The lowest BCUT2D eigenvalue weighted by molar-refractivity contribution is -0.128. The first-order valence-electron chi connectivity index (χ1n) is 11.3. The minimum atomic E-state index is -0.614. The van der Waals surface area contributed by atoms with Crippen LogP contribution >= 0.6 is 11.6 Å². The largest absolute Gasteiger partial charge is 0.356 e. The predicted octanol–water partition coefficient (Wildman–Crippen LogP) is 2.97. The molecule has 7 nitrogen and oxygen atoms in total. The number of hydrogen-bond donors (Lipinski definition) is 2. The molecule has 2 fully saturated rings. The van der Waals surface area contributed by atoms with Gasteiger partial charge in [0.05, 0.1) is 18.0 Å².